The van der Waals surface area contributed by atoms with E-state index in [4.69, 9.17) is 0 Å². The highest BCUT2D eigenvalue weighted by Gasteiger charge is 2.35. The minimum atomic E-state index is -0.405. The zero-order chi connectivity index (χ0) is 20.5. The van der Waals surface area contributed by atoms with Crippen molar-refractivity contribution in [3.63, 3.8) is 0 Å². The van der Waals surface area contributed by atoms with Crippen molar-refractivity contribution in [3.8, 4) is 0 Å². The van der Waals surface area contributed by atoms with Crippen LogP contribution in [0.4, 0.5) is 15.8 Å². The van der Waals surface area contributed by atoms with Crippen LogP contribution in [0.2, 0.25) is 0 Å². The summed E-state index contributed by atoms with van der Waals surface area (Å²) in [4.78, 5) is 26.1. The number of amides is 2. The van der Waals surface area contributed by atoms with Crippen molar-refractivity contribution in [2.45, 2.75) is 39.5 Å². The first-order chi connectivity index (χ1) is 13.1. The number of rotatable bonds is 4. The van der Waals surface area contributed by atoms with Crippen molar-refractivity contribution >= 4 is 35.0 Å². The fourth-order valence-corrected chi connectivity index (χ4v) is 4.33. The van der Waals surface area contributed by atoms with Gasteiger partial charge < -0.3 is 5.32 Å². The predicted molar refractivity (Wildman–Crippen MR) is 113 cm³/mol. The molecule has 4 nitrogen and oxygen atoms in total. The topological polar surface area (TPSA) is 49.4 Å². The molecule has 2 aromatic rings. The molecule has 0 saturated carbocycles. The van der Waals surface area contributed by atoms with Crippen molar-refractivity contribution in [2.24, 2.45) is 5.41 Å². The van der Waals surface area contributed by atoms with Crippen LogP contribution in [0.3, 0.4) is 0 Å². The molecule has 6 heteroatoms. The van der Waals surface area contributed by atoms with Gasteiger partial charge in [-0.05, 0) is 47.7 Å². The standard InChI is InChI=1S/C22H25FN2O2S/c1-14-5-10-17(23)18(11-14)25-20(27)13-28-21(25)15-6-8-16(9-7-15)24-19(26)12-22(2,3)4/h5-11,21H,12-13H2,1-4H3,(H,24,26). The highest BCUT2D eigenvalue weighted by atomic mass is 32.2. The van der Waals surface area contributed by atoms with Gasteiger partial charge in [0.2, 0.25) is 11.8 Å². The van der Waals surface area contributed by atoms with E-state index in [0.29, 0.717) is 23.5 Å². The Balaban J connectivity index is 1.80. The number of nitrogens with zero attached hydrogens (tertiary/aromatic N) is 1. The molecule has 2 amide bonds. The molecule has 3 rings (SSSR count). The lowest BCUT2D eigenvalue weighted by molar-refractivity contribution is -0.118. The third-order valence-corrected chi connectivity index (χ3v) is 5.61. The monoisotopic (exact) mass is 400 g/mol. The van der Waals surface area contributed by atoms with Crippen LogP contribution >= 0.6 is 11.8 Å². The first-order valence-corrected chi connectivity index (χ1v) is 10.3. The van der Waals surface area contributed by atoms with Gasteiger partial charge in [0.05, 0.1) is 11.4 Å². The zero-order valence-electron chi connectivity index (χ0n) is 16.6. The summed E-state index contributed by atoms with van der Waals surface area (Å²) in [6.45, 7) is 7.93. The van der Waals surface area contributed by atoms with E-state index in [1.165, 1.54) is 22.7 Å². The van der Waals surface area contributed by atoms with Crippen LogP contribution in [0.15, 0.2) is 42.5 Å². The Morgan fingerprint density at radius 2 is 1.89 bits per heavy atom. The molecule has 1 atom stereocenters. The van der Waals surface area contributed by atoms with Crippen molar-refractivity contribution in [1.82, 2.24) is 0 Å². The van der Waals surface area contributed by atoms with Crippen molar-refractivity contribution in [3.05, 3.63) is 59.4 Å². The number of benzene rings is 2. The van der Waals surface area contributed by atoms with E-state index in [2.05, 4.69) is 5.32 Å². The summed E-state index contributed by atoms with van der Waals surface area (Å²) in [5.41, 5.74) is 2.73. The van der Waals surface area contributed by atoms with Gasteiger partial charge in [-0.15, -0.1) is 11.8 Å². The number of halogens is 1. The van der Waals surface area contributed by atoms with E-state index in [0.717, 1.165) is 11.1 Å². The highest BCUT2D eigenvalue weighted by molar-refractivity contribution is 8.00. The van der Waals surface area contributed by atoms with E-state index < -0.39 is 5.82 Å². The molecule has 0 radical (unpaired) electrons. The van der Waals surface area contributed by atoms with Crippen LogP contribution in [0.5, 0.6) is 0 Å². The summed E-state index contributed by atoms with van der Waals surface area (Å²) in [6.07, 6.45) is 0.433. The summed E-state index contributed by atoms with van der Waals surface area (Å²) in [7, 11) is 0. The lowest BCUT2D eigenvalue weighted by Gasteiger charge is -2.25. The molecule has 2 aromatic carbocycles. The summed E-state index contributed by atoms with van der Waals surface area (Å²) in [5, 5.41) is 2.61. The van der Waals surface area contributed by atoms with Gasteiger partial charge in [0.25, 0.3) is 0 Å². The lowest BCUT2D eigenvalue weighted by atomic mass is 9.92. The van der Waals surface area contributed by atoms with Crippen molar-refractivity contribution in [2.75, 3.05) is 16.0 Å². The van der Waals surface area contributed by atoms with Gasteiger partial charge in [0.15, 0.2) is 0 Å². The van der Waals surface area contributed by atoms with Crippen LogP contribution in [0.25, 0.3) is 0 Å². The molecule has 1 aliphatic heterocycles. The van der Waals surface area contributed by atoms with Crippen LogP contribution in [-0.2, 0) is 9.59 Å². The van der Waals surface area contributed by atoms with Gasteiger partial charge in [-0.1, -0.05) is 39.0 Å². The minimum Gasteiger partial charge on any atom is -0.326 e. The Labute approximate surface area is 169 Å². The number of carbonyl (C=O) groups excluding carboxylic acids is 2. The smallest absolute Gasteiger partial charge is 0.238 e. The molecule has 1 N–H and O–H groups in total. The van der Waals surface area contributed by atoms with E-state index in [-0.39, 0.29) is 22.6 Å². The quantitative estimate of drug-likeness (QED) is 0.759. The van der Waals surface area contributed by atoms with Crippen LogP contribution in [0, 0.1) is 18.2 Å². The predicted octanol–water partition coefficient (Wildman–Crippen LogP) is 5.29. The minimum absolute atomic E-state index is 0.0332. The average molecular weight is 401 g/mol. The maximum absolute atomic E-state index is 14.4. The molecule has 1 aliphatic rings. The number of hydrogen-bond donors (Lipinski definition) is 1. The molecule has 1 heterocycles. The van der Waals surface area contributed by atoms with Crippen molar-refractivity contribution < 1.29 is 14.0 Å². The third kappa shape index (κ3) is 4.73. The molecule has 28 heavy (non-hydrogen) atoms. The lowest BCUT2D eigenvalue weighted by Crippen LogP contribution is -2.28. The number of thioether (sulfide) groups is 1. The fourth-order valence-electron chi connectivity index (χ4n) is 3.16. The van der Waals surface area contributed by atoms with Gasteiger partial charge >= 0.3 is 0 Å². The second kappa shape index (κ2) is 7.95. The Morgan fingerprint density at radius 3 is 2.54 bits per heavy atom. The average Bonchev–Trinajstić information content (AvgIpc) is 2.97. The van der Waals surface area contributed by atoms with Crippen molar-refractivity contribution in [1.29, 1.82) is 0 Å². The number of aryl methyl sites for hydroxylation is 1. The molecule has 1 saturated heterocycles. The first-order valence-electron chi connectivity index (χ1n) is 9.24. The summed E-state index contributed by atoms with van der Waals surface area (Å²) >= 11 is 1.47. The number of nitrogens with one attached hydrogen (secondary N) is 1. The van der Waals surface area contributed by atoms with Gasteiger partial charge in [-0.25, -0.2) is 4.39 Å². The third-order valence-electron chi connectivity index (χ3n) is 4.40. The van der Waals surface area contributed by atoms with E-state index in [1.54, 1.807) is 12.1 Å². The second-order valence-electron chi connectivity index (χ2n) is 8.29. The summed E-state index contributed by atoms with van der Waals surface area (Å²) in [5.74, 6) is -0.240. The molecule has 1 fully saturated rings. The molecule has 1 unspecified atom stereocenters. The van der Waals surface area contributed by atoms with Gasteiger partial charge in [-0.3, -0.25) is 14.5 Å². The van der Waals surface area contributed by atoms with Crippen LogP contribution in [-0.4, -0.2) is 17.6 Å². The van der Waals surface area contributed by atoms with E-state index in [1.807, 2.05) is 52.0 Å². The Hall–Kier alpha value is -2.34. The molecular formula is C22H25FN2O2S. The number of carbonyl (C=O) groups is 2. The molecule has 0 aliphatic carbocycles. The normalized spacial score (nSPS) is 17.1. The van der Waals surface area contributed by atoms with Crippen LogP contribution < -0.4 is 10.2 Å². The zero-order valence-corrected chi connectivity index (χ0v) is 17.4. The summed E-state index contributed by atoms with van der Waals surface area (Å²) in [6, 6.07) is 12.2. The SMILES string of the molecule is Cc1ccc(F)c(N2C(=O)CSC2c2ccc(NC(=O)CC(C)(C)C)cc2)c1. The largest absolute Gasteiger partial charge is 0.326 e. The number of anilines is 2. The Kier molecular flexibility index (Phi) is 5.79. The molecule has 0 aromatic heterocycles. The fraction of sp³-hybridized carbons (Fsp3) is 0.364. The highest BCUT2D eigenvalue weighted by Crippen LogP contribution is 2.43. The van der Waals surface area contributed by atoms with Gasteiger partial charge in [0.1, 0.15) is 11.2 Å². The molecular weight excluding hydrogens is 375 g/mol. The van der Waals surface area contributed by atoms with Crippen LogP contribution in [0.1, 0.15) is 43.7 Å². The Bertz CT molecular complexity index is 890. The number of hydrogen-bond acceptors (Lipinski definition) is 3. The van der Waals surface area contributed by atoms with E-state index in [9.17, 15) is 14.0 Å². The maximum Gasteiger partial charge on any atom is 0.238 e. The maximum atomic E-state index is 14.4. The molecule has 0 spiro atoms. The first kappa shape index (κ1) is 20.4. The second-order valence-corrected chi connectivity index (χ2v) is 9.36. The van der Waals surface area contributed by atoms with Gasteiger partial charge in [0, 0.05) is 12.1 Å². The Morgan fingerprint density at radius 1 is 1.21 bits per heavy atom. The molecule has 148 valence electrons. The molecule has 0 bridgehead atoms. The van der Waals surface area contributed by atoms with Gasteiger partial charge in [-0.2, -0.15) is 0 Å². The summed E-state index contributed by atoms with van der Waals surface area (Å²) < 4.78 is 14.4. The van der Waals surface area contributed by atoms with E-state index >= 15 is 0 Å².